The first-order valence-corrected chi connectivity index (χ1v) is 34.1. The number of hydrogen-bond acceptors (Lipinski definition) is 22. The second-order valence-electron chi connectivity index (χ2n) is 26.5. The molecule has 1 spiro atoms. The molecule has 5 aliphatic heterocycles. The first kappa shape index (κ1) is 68.7. The molecule has 27 nitrogen and oxygen atoms in total. The third kappa shape index (κ3) is 13.8. The Balaban J connectivity index is 0.496. The fourth-order valence-electron chi connectivity index (χ4n) is 15.7. The number of morpholine rings is 1. The lowest BCUT2D eigenvalue weighted by Crippen LogP contribution is -2.55. The maximum atomic E-state index is 14.3. The van der Waals surface area contributed by atoms with E-state index in [0.29, 0.717) is 58.3 Å². The molecule has 0 unspecified atom stereocenters. The van der Waals surface area contributed by atoms with Crippen LogP contribution in [0.3, 0.4) is 0 Å². The number of phenolic OH excluding ortho intramolecular Hbond substituents is 2. The van der Waals surface area contributed by atoms with Gasteiger partial charge in [-0.05, 0) is 68.6 Å². The van der Waals surface area contributed by atoms with Gasteiger partial charge in [0.15, 0.2) is 24.6 Å². The van der Waals surface area contributed by atoms with E-state index in [9.17, 15) is 44.1 Å². The minimum atomic E-state index is -2.26. The van der Waals surface area contributed by atoms with E-state index in [0.717, 1.165) is 66.6 Å². The third-order valence-corrected chi connectivity index (χ3v) is 20.8. The van der Waals surface area contributed by atoms with E-state index in [4.69, 9.17) is 47.4 Å². The molecule has 13 rings (SSSR count). The van der Waals surface area contributed by atoms with Gasteiger partial charge in [0, 0.05) is 105 Å². The van der Waals surface area contributed by atoms with Crippen molar-refractivity contribution >= 4 is 40.9 Å². The quantitative estimate of drug-likeness (QED) is 0.0342. The van der Waals surface area contributed by atoms with Gasteiger partial charge in [0.05, 0.1) is 114 Å². The zero-order valence-electron chi connectivity index (χ0n) is 55.5. The van der Waals surface area contributed by atoms with Gasteiger partial charge in [-0.1, -0.05) is 54.6 Å². The first-order valence-electron chi connectivity index (χ1n) is 34.1. The fourth-order valence-corrected chi connectivity index (χ4v) is 15.7. The summed E-state index contributed by atoms with van der Waals surface area (Å²) in [4.78, 5) is 88.9. The summed E-state index contributed by atoms with van der Waals surface area (Å²) >= 11 is 0. The van der Waals surface area contributed by atoms with Crippen LogP contribution >= 0.6 is 0 Å². The van der Waals surface area contributed by atoms with E-state index >= 15 is 0 Å². The zero-order valence-corrected chi connectivity index (χ0v) is 55.5. The Morgan fingerprint density at radius 3 is 2.12 bits per heavy atom. The summed E-state index contributed by atoms with van der Waals surface area (Å²) < 4.78 is 58.9. The molecule has 98 heavy (non-hydrogen) atoms. The van der Waals surface area contributed by atoms with Crippen LogP contribution in [0, 0.1) is 11.3 Å². The van der Waals surface area contributed by atoms with Crippen LogP contribution in [0.2, 0.25) is 0 Å². The molecule has 6 N–H and O–H groups in total. The van der Waals surface area contributed by atoms with E-state index in [1.807, 2.05) is 60.4 Å². The molecule has 4 saturated heterocycles. The minimum absolute atomic E-state index is 0.0121. The highest BCUT2D eigenvalue weighted by molar-refractivity contribution is 6.31. The van der Waals surface area contributed by atoms with Gasteiger partial charge in [0.2, 0.25) is 23.5 Å². The van der Waals surface area contributed by atoms with Crippen molar-refractivity contribution in [1.29, 1.82) is 0 Å². The van der Waals surface area contributed by atoms with Crippen molar-refractivity contribution in [2.24, 2.45) is 11.3 Å². The van der Waals surface area contributed by atoms with E-state index in [1.165, 1.54) is 25.3 Å². The number of piperidine rings is 1. The molecule has 3 aliphatic carbocycles. The van der Waals surface area contributed by atoms with Gasteiger partial charge in [0.25, 0.3) is 5.91 Å². The summed E-state index contributed by atoms with van der Waals surface area (Å²) in [6.45, 7) is 6.70. The number of carbonyl (C=O) groups excluding carboxylic acids is 6. The van der Waals surface area contributed by atoms with Crippen LogP contribution in [0.15, 0.2) is 66.7 Å². The summed E-state index contributed by atoms with van der Waals surface area (Å²) in [6.07, 6.45) is 0.578. The maximum Gasteiger partial charge on any atom is 0.252 e. The van der Waals surface area contributed by atoms with Gasteiger partial charge < -0.3 is 83.1 Å². The lowest BCUT2D eigenvalue weighted by molar-refractivity contribution is -0.256. The molecule has 27 heteroatoms. The molecule has 0 radical (unpaired) electrons. The highest BCUT2D eigenvalue weighted by Gasteiger charge is 2.56. The normalized spacial score (nSPS) is 24.8. The molecular weight excluding hydrogens is 1270 g/mol. The number of carbonyl (C=O) groups is 6. The molecule has 8 aliphatic rings. The average Bonchev–Trinajstić information content (AvgIpc) is 0.855. The number of ketones is 2. The topological polar surface area (TPSA) is 331 Å². The van der Waals surface area contributed by atoms with Gasteiger partial charge in [-0.3, -0.25) is 33.7 Å². The Bertz CT molecular complexity index is 3770. The summed E-state index contributed by atoms with van der Waals surface area (Å²) in [7, 11) is 2.89. The van der Waals surface area contributed by atoms with E-state index < -0.39 is 89.6 Å². The van der Waals surface area contributed by atoms with Crippen molar-refractivity contribution in [2.45, 2.75) is 133 Å². The molecule has 4 amide bonds. The number of aromatic nitrogens is 3. The van der Waals surface area contributed by atoms with Crippen molar-refractivity contribution in [3.05, 3.63) is 106 Å². The molecule has 5 aromatic rings. The number of hydrogen-bond donors (Lipinski definition) is 6. The Hall–Kier alpha value is -7.80. The largest absolute Gasteiger partial charge is 0.507 e. The van der Waals surface area contributed by atoms with Gasteiger partial charge in [-0.15, -0.1) is 0 Å². The zero-order chi connectivity index (χ0) is 68.2. The highest BCUT2D eigenvalue weighted by Crippen LogP contribution is 2.54. The standard InChI is InChI=1S/C71H86N8O19/c1-41-65-49(78-27-30-95-68(90-3)67(78)98-65)37-54(96-41)97-51-39-71(88,38-47-56(51)64(85)58-57(62(47)83)61(82)46-12-8-14-50(89-2)55(46)63(58)84)69(87)73-24-29-92-32-34-94-36-35-93-33-31-91-28-18-52(80)77-25-21-70(22-26-77)19-15-42(16-20-70)66(86)72-23-17-53(81)79-40-43-9-4-5-10-44(43)59-60(75-76-74-59)45-11-6-7-13-48(45)79/h4-14,41-42,49,51,54,65,67-68,83,85,88H,15-40H2,1-3H3,(H,72,86)(H,73,87)(H,74,75,76)/t41-,49-,51-,54-,65+,67+,68-,71-/m0/s1. The predicted octanol–water partition coefficient (Wildman–Crippen LogP) is 5.03. The molecule has 5 fully saturated rings. The second kappa shape index (κ2) is 30.0. The monoisotopic (exact) mass is 1350 g/mol. The van der Waals surface area contributed by atoms with Crippen LogP contribution in [0.4, 0.5) is 5.69 Å². The number of phenols is 2. The van der Waals surface area contributed by atoms with Crippen LogP contribution < -0.4 is 20.3 Å². The number of ether oxygens (including phenoxy) is 10. The number of H-pyrrole nitrogens is 1. The van der Waals surface area contributed by atoms with Crippen LogP contribution in [0.5, 0.6) is 17.2 Å². The molecule has 8 atom stereocenters. The lowest BCUT2D eigenvalue weighted by atomic mass is 9.65. The summed E-state index contributed by atoms with van der Waals surface area (Å²) in [5.41, 5.74) is 1.50. The third-order valence-electron chi connectivity index (χ3n) is 20.8. The number of nitrogens with one attached hydrogen (secondary N) is 3. The Labute approximate surface area is 566 Å². The lowest BCUT2D eigenvalue weighted by Gasteiger charge is -2.45. The van der Waals surface area contributed by atoms with Crippen molar-refractivity contribution in [3.8, 4) is 39.8 Å². The summed E-state index contributed by atoms with van der Waals surface area (Å²) in [5, 5.41) is 54.0. The number of benzene rings is 4. The maximum absolute atomic E-state index is 14.3. The van der Waals surface area contributed by atoms with Gasteiger partial charge >= 0.3 is 0 Å². The number of anilines is 1. The molecule has 0 bridgehead atoms. The predicted molar refractivity (Wildman–Crippen MR) is 349 cm³/mol. The van der Waals surface area contributed by atoms with Gasteiger partial charge in [-0.2, -0.15) is 15.4 Å². The summed E-state index contributed by atoms with van der Waals surface area (Å²) in [6, 6.07) is 19.8. The van der Waals surface area contributed by atoms with Crippen molar-refractivity contribution in [1.82, 2.24) is 35.8 Å². The number of likely N-dealkylation sites (tertiary alicyclic amines) is 1. The number of fused-ring (bicyclic) bond motifs is 11. The molecule has 1 aromatic heterocycles. The van der Waals surface area contributed by atoms with Crippen molar-refractivity contribution in [2.75, 3.05) is 111 Å². The molecule has 4 aromatic carbocycles. The number of nitrogens with zero attached hydrogens (tertiary/aromatic N) is 5. The number of aromatic amines is 1. The molecule has 6 heterocycles. The highest BCUT2D eigenvalue weighted by atomic mass is 16.7. The second-order valence-corrected chi connectivity index (χ2v) is 26.5. The van der Waals surface area contributed by atoms with E-state index in [-0.39, 0.29) is 135 Å². The number of methoxy groups -OCH3 is 2. The minimum Gasteiger partial charge on any atom is -0.507 e. The van der Waals surface area contributed by atoms with Gasteiger partial charge in [-0.25, -0.2) is 0 Å². The van der Waals surface area contributed by atoms with Crippen LogP contribution in [-0.2, 0) is 74.8 Å². The number of amides is 4. The Morgan fingerprint density at radius 1 is 0.714 bits per heavy atom. The molecule has 524 valence electrons. The number of para-hydroxylation sites is 1. The molecule has 1 saturated carbocycles. The van der Waals surface area contributed by atoms with Crippen LogP contribution in [-0.4, -0.2) is 225 Å². The van der Waals surface area contributed by atoms with E-state index in [1.54, 1.807) is 12.0 Å². The summed E-state index contributed by atoms with van der Waals surface area (Å²) in [5.74, 6) is -3.69. The van der Waals surface area contributed by atoms with Crippen molar-refractivity contribution < 1.29 is 91.5 Å². The Kier molecular flexibility index (Phi) is 21.0. The SMILES string of the molecule is COc1cccc2c1C(=O)c1c(O)c3c(c(O)c1C2=O)C[C@@](O)(C(=O)NCCOCCOCCOCCOCCC(=O)N1CCC2(CCC(C(=O)NCCC(=O)N4Cc5ccccc5-c5n[nH]nc5-c5ccccc54)CC2)CC1)C[C@@H]3O[C@H]1C[C@H]2[C@H](O[C@@H]3[C@@H](OC)OCCN32)[C@H](C)O1. The number of aliphatic hydroxyl groups is 1. The van der Waals surface area contributed by atoms with Crippen LogP contribution in [0.25, 0.3) is 22.5 Å². The Morgan fingerprint density at radius 2 is 1.39 bits per heavy atom. The number of rotatable bonds is 24. The van der Waals surface area contributed by atoms with Gasteiger partial charge in [0.1, 0.15) is 40.3 Å². The van der Waals surface area contributed by atoms with E-state index in [2.05, 4.69) is 30.9 Å². The number of aromatic hydroxyl groups is 2. The fraction of sp³-hybridized carbons (Fsp3) is 0.549. The molecular formula is C71H86N8O19. The van der Waals surface area contributed by atoms with Crippen LogP contribution in [0.1, 0.15) is 126 Å². The average molecular weight is 1360 g/mol. The van der Waals surface area contributed by atoms with Crippen molar-refractivity contribution in [3.63, 3.8) is 0 Å². The first-order chi connectivity index (χ1) is 47.6. The smallest absolute Gasteiger partial charge is 0.252 e.